The van der Waals surface area contributed by atoms with E-state index in [0.717, 1.165) is 48.5 Å². The number of cyclic esters (lactones) is 1. The average Bonchev–Trinajstić information content (AvgIpc) is 3.33. The number of hydrogen-bond acceptors (Lipinski definition) is 5. The Morgan fingerprint density at radius 1 is 1.03 bits per heavy atom. The van der Waals surface area contributed by atoms with E-state index in [9.17, 15) is 23.6 Å². The number of hydrogen-bond donors (Lipinski definition) is 1. The second-order valence-electron chi connectivity index (χ2n) is 10.1. The number of nitriles is 1. The zero-order valence-corrected chi connectivity index (χ0v) is 20.5. The summed E-state index contributed by atoms with van der Waals surface area (Å²) in [5.41, 5.74) is 0.679. The van der Waals surface area contributed by atoms with E-state index in [1.165, 1.54) is 6.07 Å². The molecule has 2 aromatic rings. The number of urea groups is 1. The summed E-state index contributed by atoms with van der Waals surface area (Å²) < 4.78 is 32.8. The first kappa shape index (κ1) is 25.2. The van der Waals surface area contributed by atoms with Crippen LogP contribution < -0.4 is 5.32 Å². The lowest BCUT2D eigenvalue weighted by Gasteiger charge is -2.45. The first-order chi connectivity index (χ1) is 17.9. The van der Waals surface area contributed by atoms with Crippen molar-refractivity contribution in [1.82, 2.24) is 15.1 Å². The normalized spacial score (nSPS) is 26.4. The third kappa shape index (κ3) is 4.78. The first-order valence-corrected chi connectivity index (χ1v) is 12.8. The van der Waals surface area contributed by atoms with Crippen LogP contribution in [0, 0.1) is 23.0 Å². The molecule has 37 heavy (non-hydrogen) atoms. The first-order valence-electron chi connectivity index (χ1n) is 12.8. The molecular formula is C28H30F2N4O3. The molecule has 3 amide bonds. The summed E-state index contributed by atoms with van der Waals surface area (Å²) in [6.45, 7) is 1.39. The van der Waals surface area contributed by atoms with Crippen molar-refractivity contribution in [3.8, 4) is 6.07 Å². The predicted molar refractivity (Wildman–Crippen MR) is 131 cm³/mol. The van der Waals surface area contributed by atoms with Gasteiger partial charge in [0.05, 0.1) is 11.5 Å². The number of halogens is 2. The summed E-state index contributed by atoms with van der Waals surface area (Å²) in [6, 6.07) is 14.1. The molecule has 5 rings (SSSR count). The lowest BCUT2D eigenvalue weighted by Crippen LogP contribution is -2.57. The summed E-state index contributed by atoms with van der Waals surface area (Å²) in [6.07, 6.45) is 3.14. The summed E-state index contributed by atoms with van der Waals surface area (Å²) >= 11 is 0. The highest BCUT2D eigenvalue weighted by molar-refractivity contribution is 5.93. The van der Waals surface area contributed by atoms with Gasteiger partial charge in [0.15, 0.2) is 11.6 Å². The summed E-state index contributed by atoms with van der Waals surface area (Å²) in [4.78, 5) is 29.7. The van der Waals surface area contributed by atoms with E-state index >= 15 is 0 Å². The van der Waals surface area contributed by atoms with Crippen molar-refractivity contribution in [2.75, 3.05) is 19.7 Å². The molecule has 2 saturated heterocycles. The van der Waals surface area contributed by atoms with Crippen LogP contribution in [0.4, 0.5) is 18.4 Å². The maximum atomic E-state index is 14.1. The van der Waals surface area contributed by atoms with Crippen LogP contribution in [0.5, 0.6) is 0 Å². The number of nitrogens with one attached hydrogen (secondary N) is 1. The van der Waals surface area contributed by atoms with Gasteiger partial charge in [0.2, 0.25) is 0 Å². The number of imide groups is 1. The van der Waals surface area contributed by atoms with E-state index in [1.807, 2.05) is 35.2 Å². The van der Waals surface area contributed by atoms with Gasteiger partial charge >= 0.3 is 12.1 Å². The van der Waals surface area contributed by atoms with Crippen molar-refractivity contribution in [2.45, 2.75) is 62.1 Å². The fourth-order valence-electron chi connectivity index (χ4n) is 6.01. The Morgan fingerprint density at radius 2 is 1.70 bits per heavy atom. The van der Waals surface area contributed by atoms with Gasteiger partial charge < -0.3 is 15.0 Å². The zero-order chi connectivity index (χ0) is 26.0. The van der Waals surface area contributed by atoms with Crippen LogP contribution in [0.25, 0.3) is 0 Å². The molecule has 0 radical (unpaired) electrons. The van der Waals surface area contributed by atoms with Crippen LogP contribution in [0.1, 0.15) is 55.7 Å². The standard InChI is InChI=1S/C28H30F2N4O3/c29-23-7-6-19(16-24(23)30)25-17-37-27(36)34(25)26(35)33(22-10-14-32-15-11-22)21-8-12-28(18-31,13-9-21)20-4-2-1-3-5-20/h1-7,16,21-22,25,32H,8-15,17H2. The number of carbonyl (C=O) groups is 2. The van der Waals surface area contributed by atoms with Gasteiger partial charge in [-0.15, -0.1) is 0 Å². The molecule has 1 aliphatic carbocycles. The molecule has 7 nitrogen and oxygen atoms in total. The average molecular weight is 509 g/mol. The van der Waals surface area contributed by atoms with Gasteiger partial charge in [0.25, 0.3) is 0 Å². The van der Waals surface area contributed by atoms with Crippen LogP contribution in [0.15, 0.2) is 48.5 Å². The Bertz CT molecular complexity index is 1190. The Morgan fingerprint density at radius 3 is 2.35 bits per heavy atom. The van der Waals surface area contributed by atoms with Crippen molar-refractivity contribution >= 4 is 12.1 Å². The van der Waals surface area contributed by atoms with Gasteiger partial charge in [-0.3, -0.25) is 0 Å². The number of ether oxygens (including phenoxy) is 1. The van der Waals surface area contributed by atoms with Crippen molar-refractivity contribution in [2.24, 2.45) is 0 Å². The van der Waals surface area contributed by atoms with Crippen LogP contribution >= 0.6 is 0 Å². The van der Waals surface area contributed by atoms with Crippen molar-refractivity contribution in [3.63, 3.8) is 0 Å². The maximum Gasteiger partial charge on any atom is 0.418 e. The highest BCUT2D eigenvalue weighted by Crippen LogP contribution is 2.42. The van der Waals surface area contributed by atoms with Gasteiger partial charge in [0.1, 0.15) is 12.6 Å². The van der Waals surface area contributed by atoms with Crippen molar-refractivity contribution in [1.29, 1.82) is 5.26 Å². The predicted octanol–water partition coefficient (Wildman–Crippen LogP) is 5.04. The zero-order valence-electron chi connectivity index (χ0n) is 20.5. The van der Waals surface area contributed by atoms with Gasteiger partial charge in [-0.05, 0) is 74.9 Å². The molecule has 0 bridgehead atoms. The Hall–Kier alpha value is -3.51. The van der Waals surface area contributed by atoms with Gasteiger partial charge in [-0.1, -0.05) is 36.4 Å². The summed E-state index contributed by atoms with van der Waals surface area (Å²) in [5.74, 6) is -2.04. The maximum absolute atomic E-state index is 14.1. The Kier molecular flexibility index (Phi) is 7.11. The fraction of sp³-hybridized carbons (Fsp3) is 0.464. The van der Waals surface area contributed by atoms with Gasteiger partial charge in [-0.2, -0.15) is 5.26 Å². The molecule has 2 aliphatic heterocycles. The van der Waals surface area contributed by atoms with Gasteiger partial charge in [-0.25, -0.2) is 23.3 Å². The fourth-order valence-corrected chi connectivity index (χ4v) is 6.01. The third-order valence-electron chi connectivity index (χ3n) is 8.07. The quantitative estimate of drug-likeness (QED) is 0.626. The molecule has 2 heterocycles. The van der Waals surface area contributed by atoms with E-state index in [4.69, 9.17) is 4.74 Å². The second-order valence-corrected chi connectivity index (χ2v) is 10.1. The molecule has 1 saturated carbocycles. The molecule has 1 atom stereocenters. The third-order valence-corrected chi connectivity index (χ3v) is 8.07. The highest BCUT2D eigenvalue weighted by atomic mass is 19.2. The highest BCUT2D eigenvalue weighted by Gasteiger charge is 2.47. The van der Waals surface area contributed by atoms with E-state index in [1.54, 1.807) is 0 Å². The molecule has 0 aromatic heterocycles. The lowest BCUT2D eigenvalue weighted by molar-refractivity contribution is 0.0761. The van der Waals surface area contributed by atoms with E-state index in [2.05, 4.69) is 11.4 Å². The smallest absolute Gasteiger partial charge is 0.418 e. The molecule has 3 fully saturated rings. The minimum absolute atomic E-state index is 0.0796. The molecular weight excluding hydrogens is 478 g/mol. The number of amides is 3. The summed E-state index contributed by atoms with van der Waals surface area (Å²) in [5, 5.41) is 13.4. The Balaban J connectivity index is 1.42. The topological polar surface area (TPSA) is 85.7 Å². The largest absolute Gasteiger partial charge is 0.446 e. The number of nitrogens with zero attached hydrogens (tertiary/aromatic N) is 3. The van der Waals surface area contributed by atoms with Gasteiger partial charge in [0, 0.05) is 12.1 Å². The molecule has 1 N–H and O–H groups in total. The van der Waals surface area contributed by atoms with Crippen LogP contribution in [-0.2, 0) is 10.2 Å². The SMILES string of the molecule is N#CC1(c2ccccc2)CCC(N(C(=O)N2C(=O)OCC2c2ccc(F)c(F)c2)C2CCNCC2)CC1. The molecule has 3 aliphatic rings. The Labute approximate surface area is 215 Å². The molecule has 0 spiro atoms. The van der Waals surface area contributed by atoms with Crippen LogP contribution in [0.2, 0.25) is 0 Å². The molecule has 194 valence electrons. The second kappa shape index (κ2) is 10.5. The minimum Gasteiger partial charge on any atom is -0.446 e. The number of benzene rings is 2. The minimum atomic E-state index is -1.04. The molecule has 2 aromatic carbocycles. The molecule has 1 unspecified atom stereocenters. The number of piperidine rings is 1. The lowest BCUT2D eigenvalue weighted by atomic mass is 9.69. The number of rotatable bonds is 4. The molecule has 9 heteroatoms. The number of carbonyl (C=O) groups excluding carboxylic acids is 2. The van der Waals surface area contributed by atoms with E-state index in [-0.39, 0.29) is 18.7 Å². The van der Waals surface area contributed by atoms with Crippen molar-refractivity contribution < 1.29 is 23.1 Å². The van der Waals surface area contributed by atoms with E-state index < -0.39 is 35.2 Å². The van der Waals surface area contributed by atoms with Crippen molar-refractivity contribution in [3.05, 3.63) is 71.3 Å². The monoisotopic (exact) mass is 508 g/mol. The van der Waals surface area contributed by atoms with Crippen LogP contribution in [0.3, 0.4) is 0 Å². The van der Waals surface area contributed by atoms with E-state index in [0.29, 0.717) is 31.2 Å². The summed E-state index contributed by atoms with van der Waals surface area (Å²) in [7, 11) is 0. The van der Waals surface area contributed by atoms with Crippen LogP contribution in [-0.4, -0.2) is 53.7 Å².